The van der Waals surface area contributed by atoms with Gasteiger partial charge in [0.2, 0.25) is 0 Å². The number of Topliss-reactive ketones (excluding diaryl/α,β-unsaturated/α-hetero) is 1. The number of carbonyl (C=O) groups excluding carboxylic acids is 1. The first-order valence-electron chi connectivity index (χ1n) is 6.01. The summed E-state index contributed by atoms with van der Waals surface area (Å²) in [7, 11) is 0. The van der Waals surface area contributed by atoms with Gasteiger partial charge in [-0.25, -0.2) is 0 Å². The van der Waals surface area contributed by atoms with E-state index in [-0.39, 0.29) is 0 Å². The average molecular weight is 217 g/mol. The van der Waals surface area contributed by atoms with Gasteiger partial charge in [-0.3, -0.25) is 9.69 Å². The van der Waals surface area contributed by atoms with Crippen molar-refractivity contribution in [2.24, 2.45) is 0 Å². The van der Waals surface area contributed by atoms with Gasteiger partial charge in [-0.1, -0.05) is 30.3 Å². The van der Waals surface area contributed by atoms with E-state index in [1.807, 2.05) is 6.07 Å². The Hall–Kier alpha value is -1.15. The first-order chi connectivity index (χ1) is 7.68. The Labute approximate surface area is 97.3 Å². The minimum Gasteiger partial charge on any atom is -0.300 e. The van der Waals surface area contributed by atoms with Gasteiger partial charge in [-0.05, 0) is 19.4 Å². The zero-order valence-electron chi connectivity index (χ0n) is 10.0. The monoisotopic (exact) mass is 217 g/mol. The number of ketones is 1. The number of hydrogen-bond donors (Lipinski definition) is 0. The largest absolute Gasteiger partial charge is 0.300 e. The summed E-state index contributed by atoms with van der Waals surface area (Å²) in [5.41, 5.74) is 1.34. The molecular weight excluding hydrogens is 198 g/mol. The van der Waals surface area contributed by atoms with Crippen LogP contribution >= 0.6 is 0 Å². The maximum atomic E-state index is 11.4. The topological polar surface area (TPSA) is 20.3 Å². The van der Waals surface area contributed by atoms with E-state index in [2.05, 4.69) is 43.0 Å². The van der Waals surface area contributed by atoms with E-state index in [1.165, 1.54) is 5.56 Å². The van der Waals surface area contributed by atoms with E-state index in [1.54, 1.807) is 0 Å². The minimum absolute atomic E-state index is 0.372. The molecule has 0 saturated carbocycles. The molecule has 0 radical (unpaired) electrons. The standard InChI is InChI=1S/C14H19NO/c1-11-10-14(16)8-9-15(11)12(2)13-6-4-3-5-7-13/h3-7,11-12H,8-10H2,1-2H3/t11?,12-/m1/s1. The quantitative estimate of drug-likeness (QED) is 0.759. The van der Waals surface area contributed by atoms with Crippen LogP contribution < -0.4 is 0 Å². The van der Waals surface area contributed by atoms with Gasteiger partial charge in [0.15, 0.2) is 0 Å². The molecule has 16 heavy (non-hydrogen) atoms. The number of carbonyl (C=O) groups is 1. The van der Waals surface area contributed by atoms with Crippen LogP contribution in [-0.2, 0) is 4.79 Å². The van der Waals surface area contributed by atoms with Gasteiger partial charge in [0.05, 0.1) is 0 Å². The highest BCUT2D eigenvalue weighted by molar-refractivity contribution is 5.79. The van der Waals surface area contributed by atoms with Gasteiger partial charge in [0.25, 0.3) is 0 Å². The summed E-state index contributed by atoms with van der Waals surface area (Å²) in [6.45, 7) is 5.27. The SMILES string of the molecule is CC1CC(=O)CCN1[C@H](C)c1ccccc1. The summed E-state index contributed by atoms with van der Waals surface area (Å²) in [5, 5.41) is 0. The molecular formula is C14H19NO. The number of piperidine rings is 1. The second-order valence-electron chi connectivity index (χ2n) is 4.67. The lowest BCUT2D eigenvalue weighted by molar-refractivity contribution is -0.123. The molecule has 0 N–H and O–H groups in total. The second kappa shape index (κ2) is 4.79. The van der Waals surface area contributed by atoms with Crippen LogP contribution in [0.2, 0.25) is 0 Å². The molecule has 0 aromatic heterocycles. The molecule has 1 fully saturated rings. The molecule has 1 aliphatic heterocycles. The van der Waals surface area contributed by atoms with Crippen LogP contribution in [0.4, 0.5) is 0 Å². The van der Waals surface area contributed by atoms with Crippen LogP contribution in [0.1, 0.15) is 38.3 Å². The predicted molar refractivity (Wildman–Crippen MR) is 65.3 cm³/mol. The molecule has 2 nitrogen and oxygen atoms in total. The molecule has 1 aromatic carbocycles. The van der Waals surface area contributed by atoms with E-state index >= 15 is 0 Å². The van der Waals surface area contributed by atoms with Crippen molar-refractivity contribution in [3.8, 4) is 0 Å². The zero-order chi connectivity index (χ0) is 11.5. The molecule has 2 rings (SSSR count). The van der Waals surface area contributed by atoms with E-state index in [0.29, 0.717) is 30.7 Å². The molecule has 1 heterocycles. The molecule has 0 amide bonds. The van der Waals surface area contributed by atoms with Crippen LogP contribution in [0.15, 0.2) is 30.3 Å². The third kappa shape index (κ3) is 2.33. The van der Waals surface area contributed by atoms with Gasteiger partial charge in [-0.2, -0.15) is 0 Å². The third-order valence-corrected chi connectivity index (χ3v) is 3.52. The minimum atomic E-state index is 0.372. The maximum Gasteiger partial charge on any atom is 0.135 e. The van der Waals surface area contributed by atoms with Crippen molar-refractivity contribution < 1.29 is 4.79 Å². The van der Waals surface area contributed by atoms with Gasteiger partial charge >= 0.3 is 0 Å². The molecule has 1 unspecified atom stereocenters. The fourth-order valence-corrected chi connectivity index (χ4v) is 2.52. The van der Waals surface area contributed by atoms with Gasteiger partial charge in [-0.15, -0.1) is 0 Å². The third-order valence-electron chi connectivity index (χ3n) is 3.52. The van der Waals surface area contributed by atoms with E-state index in [0.717, 1.165) is 6.54 Å². The van der Waals surface area contributed by atoms with Gasteiger partial charge in [0, 0.05) is 31.5 Å². The second-order valence-corrected chi connectivity index (χ2v) is 4.67. The van der Waals surface area contributed by atoms with Crippen LogP contribution in [0, 0.1) is 0 Å². The molecule has 1 aliphatic rings. The Morgan fingerprint density at radius 2 is 2.00 bits per heavy atom. The molecule has 0 spiro atoms. The lowest BCUT2D eigenvalue weighted by Gasteiger charge is -2.37. The lowest BCUT2D eigenvalue weighted by atomic mass is 9.97. The zero-order valence-corrected chi connectivity index (χ0v) is 10.0. The average Bonchev–Trinajstić information content (AvgIpc) is 2.29. The highest BCUT2D eigenvalue weighted by Gasteiger charge is 2.27. The first-order valence-corrected chi connectivity index (χ1v) is 6.01. The highest BCUT2D eigenvalue weighted by atomic mass is 16.1. The molecule has 0 aliphatic carbocycles. The number of rotatable bonds is 2. The summed E-state index contributed by atoms with van der Waals surface area (Å²) in [6.07, 6.45) is 1.42. The van der Waals surface area contributed by atoms with Crippen molar-refractivity contribution in [3.63, 3.8) is 0 Å². The molecule has 2 heteroatoms. The van der Waals surface area contributed by atoms with Crippen molar-refractivity contribution in [1.29, 1.82) is 0 Å². The maximum absolute atomic E-state index is 11.4. The number of hydrogen-bond acceptors (Lipinski definition) is 2. The van der Waals surface area contributed by atoms with Crippen molar-refractivity contribution in [2.75, 3.05) is 6.54 Å². The van der Waals surface area contributed by atoms with Crippen molar-refractivity contribution in [2.45, 2.75) is 38.8 Å². The van der Waals surface area contributed by atoms with Crippen LogP contribution in [0.3, 0.4) is 0 Å². The summed E-state index contributed by atoms with van der Waals surface area (Å²) in [4.78, 5) is 13.8. The summed E-state index contributed by atoms with van der Waals surface area (Å²) < 4.78 is 0. The normalized spacial score (nSPS) is 24.4. The fourth-order valence-electron chi connectivity index (χ4n) is 2.52. The van der Waals surface area contributed by atoms with Crippen molar-refractivity contribution >= 4 is 5.78 Å². The predicted octanol–water partition coefficient (Wildman–Crippen LogP) is 2.80. The van der Waals surface area contributed by atoms with Crippen LogP contribution in [0.25, 0.3) is 0 Å². The molecule has 0 bridgehead atoms. The van der Waals surface area contributed by atoms with E-state index < -0.39 is 0 Å². The first kappa shape index (κ1) is 11.3. The molecule has 1 saturated heterocycles. The van der Waals surface area contributed by atoms with Crippen molar-refractivity contribution in [3.05, 3.63) is 35.9 Å². The van der Waals surface area contributed by atoms with Gasteiger partial charge < -0.3 is 0 Å². The number of benzene rings is 1. The summed E-state index contributed by atoms with van der Waals surface area (Å²) in [5.74, 6) is 0.406. The Bertz CT molecular complexity index is 360. The highest BCUT2D eigenvalue weighted by Crippen LogP contribution is 2.26. The van der Waals surface area contributed by atoms with E-state index in [9.17, 15) is 4.79 Å². The molecule has 1 aromatic rings. The Morgan fingerprint density at radius 3 is 2.62 bits per heavy atom. The summed E-state index contributed by atoms with van der Waals surface area (Å²) >= 11 is 0. The van der Waals surface area contributed by atoms with Crippen LogP contribution in [-0.4, -0.2) is 23.3 Å². The smallest absolute Gasteiger partial charge is 0.135 e. The van der Waals surface area contributed by atoms with Crippen molar-refractivity contribution in [1.82, 2.24) is 4.90 Å². The Morgan fingerprint density at radius 1 is 1.31 bits per heavy atom. The summed E-state index contributed by atoms with van der Waals surface area (Å²) in [6, 6.07) is 11.3. The lowest BCUT2D eigenvalue weighted by Crippen LogP contribution is -2.42. The number of nitrogens with zero attached hydrogens (tertiary/aromatic N) is 1. The van der Waals surface area contributed by atoms with Gasteiger partial charge in [0.1, 0.15) is 5.78 Å². The molecule has 86 valence electrons. The van der Waals surface area contributed by atoms with Crippen LogP contribution in [0.5, 0.6) is 0 Å². The number of likely N-dealkylation sites (tertiary alicyclic amines) is 1. The Balaban J connectivity index is 2.10. The van der Waals surface area contributed by atoms with E-state index in [4.69, 9.17) is 0 Å². The fraction of sp³-hybridized carbons (Fsp3) is 0.500. The Kier molecular flexibility index (Phi) is 3.39. The molecule has 2 atom stereocenters.